The van der Waals surface area contributed by atoms with Crippen LogP contribution in [-0.4, -0.2) is 12.6 Å². The molecule has 0 aliphatic rings. The number of hydrogen-bond acceptors (Lipinski definition) is 2. The van der Waals surface area contributed by atoms with Gasteiger partial charge in [-0.25, -0.2) is 0 Å². The Labute approximate surface area is 140 Å². The van der Waals surface area contributed by atoms with Crippen molar-refractivity contribution in [3.8, 4) is 5.75 Å². The summed E-state index contributed by atoms with van der Waals surface area (Å²) in [4.78, 5) is 0. The largest absolute Gasteiger partial charge is 0.486 e. The second-order valence-electron chi connectivity index (χ2n) is 4.27. The average Bonchev–Trinajstić information content (AvgIpc) is 2.34. The molecule has 0 aromatic heterocycles. The monoisotopic (exact) mass is 429 g/mol. The third-order valence-corrected chi connectivity index (χ3v) is 4.02. The second-order valence-corrected chi connectivity index (χ2v) is 6.68. The molecule has 1 N–H and O–H groups in total. The summed E-state index contributed by atoms with van der Waals surface area (Å²) < 4.78 is 7.35. The molecule has 0 amide bonds. The molecule has 106 valence electrons. The lowest BCUT2D eigenvalue weighted by molar-refractivity contribution is 0.354. The standard InChI is InChI=1S/C13H15Br2Cl2NO/c1-8(2)18-6-9-3-11(14)13(12(15)4-9)19-7-10(17)5-16/h3-5,8,18H,6-7H2,1-2H3/b10-5-. The summed E-state index contributed by atoms with van der Waals surface area (Å²) >= 11 is 18.3. The van der Waals surface area contributed by atoms with Gasteiger partial charge in [0.2, 0.25) is 0 Å². The van der Waals surface area contributed by atoms with Crippen LogP contribution in [0.25, 0.3) is 0 Å². The molecule has 0 heterocycles. The lowest BCUT2D eigenvalue weighted by Gasteiger charge is -2.13. The third-order valence-electron chi connectivity index (χ3n) is 2.25. The van der Waals surface area contributed by atoms with E-state index < -0.39 is 0 Å². The quantitative estimate of drug-likeness (QED) is 0.650. The summed E-state index contributed by atoms with van der Waals surface area (Å²) in [6, 6.07) is 4.49. The molecule has 0 unspecified atom stereocenters. The van der Waals surface area contributed by atoms with Crippen LogP contribution < -0.4 is 10.1 Å². The van der Waals surface area contributed by atoms with Crippen molar-refractivity contribution in [3.05, 3.63) is 37.2 Å². The van der Waals surface area contributed by atoms with Crippen LogP contribution in [0.3, 0.4) is 0 Å². The highest BCUT2D eigenvalue weighted by molar-refractivity contribution is 9.11. The fraction of sp³-hybridized carbons (Fsp3) is 0.385. The van der Waals surface area contributed by atoms with Gasteiger partial charge in [0.05, 0.1) is 14.0 Å². The van der Waals surface area contributed by atoms with E-state index in [1.165, 1.54) is 11.1 Å². The van der Waals surface area contributed by atoms with Gasteiger partial charge < -0.3 is 10.1 Å². The van der Waals surface area contributed by atoms with Gasteiger partial charge in [-0.05, 0) is 49.6 Å². The molecule has 0 aliphatic carbocycles. The van der Waals surface area contributed by atoms with Crippen molar-refractivity contribution in [2.75, 3.05) is 6.61 Å². The zero-order valence-corrected chi connectivity index (χ0v) is 15.3. The first-order chi connectivity index (χ1) is 8.93. The topological polar surface area (TPSA) is 21.3 Å². The molecule has 0 aliphatic heterocycles. The summed E-state index contributed by atoms with van der Waals surface area (Å²) in [5.41, 5.74) is 2.46. The zero-order chi connectivity index (χ0) is 14.4. The van der Waals surface area contributed by atoms with Gasteiger partial charge >= 0.3 is 0 Å². The molecule has 1 aromatic rings. The van der Waals surface area contributed by atoms with Gasteiger partial charge in [0.15, 0.2) is 0 Å². The van der Waals surface area contributed by atoms with E-state index >= 15 is 0 Å². The van der Waals surface area contributed by atoms with E-state index in [1.54, 1.807) is 0 Å². The Kier molecular flexibility index (Phi) is 7.77. The van der Waals surface area contributed by atoms with Crippen LogP contribution in [0.4, 0.5) is 0 Å². The minimum absolute atomic E-state index is 0.242. The van der Waals surface area contributed by atoms with Crippen LogP contribution in [-0.2, 0) is 6.54 Å². The van der Waals surface area contributed by atoms with Gasteiger partial charge in [0.1, 0.15) is 12.4 Å². The van der Waals surface area contributed by atoms with Crippen LogP contribution in [0.1, 0.15) is 19.4 Å². The number of hydrogen-bond donors (Lipinski definition) is 1. The molecule has 2 nitrogen and oxygen atoms in total. The highest BCUT2D eigenvalue weighted by Gasteiger charge is 2.10. The van der Waals surface area contributed by atoms with E-state index in [0.717, 1.165) is 15.5 Å². The van der Waals surface area contributed by atoms with Crippen molar-refractivity contribution in [1.29, 1.82) is 0 Å². The molecule has 0 bridgehead atoms. The molecule has 0 saturated heterocycles. The smallest absolute Gasteiger partial charge is 0.148 e. The van der Waals surface area contributed by atoms with Gasteiger partial charge in [-0.15, -0.1) is 0 Å². The fourth-order valence-corrected chi connectivity index (χ4v) is 2.97. The fourth-order valence-electron chi connectivity index (χ4n) is 1.35. The molecule has 0 fully saturated rings. The second kappa shape index (κ2) is 8.53. The SMILES string of the molecule is CC(C)NCc1cc(Br)c(OC/C(Cl)=C/Cl)c(Br)c1. The predicted molar refractivity (Wildman–Crippen MR) is 89.1 cm³/mol. The molecular weight excluding hydrogens is 417 g/mol. The highest BCUT2D eigenvalue weighted by Crippen LogP contribution is 2.35. The van der Waals surface area contributed by atoms with Gasteiger partial charge in [0, 0.05) is 18.1 Å². The molecule has 1 aromatic carbocycles. The van der Waals surface area contributed by atoms with Crippen LogP contribution in [0.2, 0.25) is 0 Å². The van der Waals surface area contributed by atoms with E-state index in [0.29, 0.717) is 16.8 Å². The van der Waals surface area contributed by atoms with Gasteiger partial charge in [-0.2, -0.15) is 0 Å². The molecule has 0 saturated carbocycles. The maximum atomic E-state index is 5.80. The van der Waals surface area contributed by atoms with Crippen molar-refractivity contribution in [1.82, 2.24) is 5.32 Å². The summed E-state index contributed by atoms with van der Waals surface area (Å²) in [6.07, 6.45) is 0. The molecule has 0 radical (unpaired) electrons. The first-order valence-corrected chi connectivity index (χ1v) is 8.13. The lowest BCUT2D eigenvalue weighted by Crippen LogP contribution is -2.21. The lowest BCUT2D eigenvalue weighted by atomic mass is 10.2. The Bertz CT molecular complexity index is 441. The maximum Gasteiger partial charge on any atom is 0.148 e. The molecule has 1 rings (SSSR count). The molecule has 0 spiro atoms. The van der Waals surface area contributed by atoms with Gasteiger partial charge in [-0.1, -0.05) is 37.0 Å². The van der Waals surface area contributed by atoms with Crippen molar-refractivity contribution in [2.24, 2.45) is 0 Å². The minimum atomic E-state index is 0.242. The predicted octanol–water partition coefficient (Wildman–Crippen LogP) is 5.41. The normalized spacial score (nSPS) is 12.1. The Morgan fingerprint density at radius 3 is 2.42 bits per heavy atom. The maximum absolute atomic E-state index is 5.80. The van der Waals surface area contributed by atoms with Gasteiger partial charge in [-0.3, -0.25) is 0 Å². The Morgan fingerprint density at radius 1 is 1.37 bits per heavy atom. The molecule has 19 heavy (non-hydrogen) atoms. The van der Waals surface area contributed by atoms with Crippen LogP contribution >= 0.6 is 55.1 Å². The Hall–Kier alpha value is 0.260. The average molecular weight is 432 g/mol. The number of benzene rings is 1. The van der Waals surface area contributed by atoms with Crippen LogP contribution in [0, 0.1) is 0 Å². The molecule has 0 atom stereocenters. The van der Waals surface area contributed by atoms with Crippen molar-refractivity contribution >= 4 is 55.1 Å². The van der Waals surface area contributed by atoms with E-state index in [1.807, 2.05) is 12.1 Å². The van der Waals surface area contributed by atoms with E-state index in [2.05, 4.69) is 51.0 Å². The number of halogens is 4. The summed E-state index contributed by atoms with van der Waals surface area (Å²) in [7, 11) is 0. The van der Waals surface area contributed by atoms with Gasteiger partial charge in [0.25, 0.3) is 0 Å². The number of rotatable bonds is 6. The highest BCUT2D eigenvalue weighted by atomic mass is 79.9. The van der Waals surface area contributed by atoms with Crippen molar-refractivity contribution < 1.29 is 4.74 Å². The van der Waals surface area contributed by atoms with Crippen LogP contribution in [0.5, 0.6) is 5.75 Å². The van der Waals surface area contributed by atoms with E-state index in [9.17, 15) is 0 Å². The molecular formula is C13H15Br2Cl2NO. The first kappa shape index (κ1) is 17.3. The van der Waals surface area contributed by atoms with Crippen molar-refractivity contribution in [2.45, 2.75) is 26.4 Å². The Balaban J connectivity index is 2.79. The summed E-state index contributed by atoms with van der Waals surface area (Å²) in [5, 5.41) is 3.81. The number of nitrogens with one attached hydrogen (secondary N) is 1. The summed E-state index contributed by atoms with van der Waals surface area (Å²) in [6.45, 7) is 5.27. The zero-order valence-electron chi connectivity index (χ0n) is 10.6. The van der Waals surface area contributed by atoms with E-state index in [4.69, 9.17) is 27.9 Å². The Morgan fingerprint density at radius 2 is 1.95 bits per heavy atom. The number of ether oxygens (including phenoxy) is 1. The van der Waals surface area contributed by atoms with Crippen molar-refractivity contribution in [3.63, 3.8) is 0 Å². The first-order valence-electron chi connectivity index (χ1n) is 5.73. The molecule has 6 heteroatoms. The minimum Gasteiger partial charge on any atom is -0.486 e. The van der Waals surface area contributed by atoms with Crippen LogP contribution in [0.15, 0.2) is 31.6 Å². The third kappa shape index (κ3) is 6.05. The summed E-state index contributed by atoms with van der Waals surface area (Å²) in [5.74, 6) is 0.713. The van der Waals surface area contributed by atoms with E-state index in [-0.39, 0.29) is 6.61 Å².